The molecule has 1 spiro atoms. The number of carbonyl (C=O) groups is 2. The number of halogens is 1. The molecule has 3 aromatic carbocycles. The van der Waals surface area contributed by atoms with Gasteiger partial charge < -0.3 is 19.5 Å². The number of rotatable bonds is 11. The van der Waals surface area contributed by atoms with Crippen molar-refractivity contribution in [1.29, 1.82) is 0 Å². The number of aryl methyl sites for hydroxylation is 1. The minimum absolute atomic E-state index is 0.00984. The molecule has 1 fully saturated rings. The second kappa shape index (κ2) is 12.7. The lowest BCUT2D eigenvalue weighted by Gasteiger charge is -2.32. The maximum Gasteiger partial charge on any atom is 0.264 e. The monoisotopic (exact) mass is 659 g/mol. The number of aliphatic hydroxyl groups excluding tert-OH is 1. The van der Waals surface area contributed by atoms with E-state index >= 15 is 0 Å². The predicted octanol–water partition coefficient (Wildman–Crippen LogP) is 5.20. The first-order chi connectivity index (χ1) is 22.1. The van der Waals surface area contributed by atoms with E-state index in [-0.39, 0.29) is 30.5 Å². The summed E-state index contributed by atoms with van der Waals surface area (Å²) in [5, 5.41) is 18.1. The molecule has 2 aliphatic heterocycles. The molecule has 10 nitrogen and oxygen atoms in total. The molecular weight excluding hydrogens is 622 g/mol. The zero-order valence-electron chi connectivity index (χ0n) is 26.1. The lowest BCUT2D eigenvalue weighted by Crippen LogP contribution is -2.46. The fourth-order valence-corrected chi connectivity index (χ4v) is 10.0. The highest BCUT2D eigenvalue weighted by atomic mass is 35.5. The molecular formula is C34H38ClN5O5Si. The number of nitrogens with zero attached hydrogens (tertiary/aromatic N) is 5. The van der Waals surface area contributed by atoms with Gasteiger partial charge in [-0.05, 0) is 67.5 Å². The smallest absolute Gasteiger partial charge is 0.264 e. The van der Waals surface area contributed by atoms with Crippen LogP contribution in [-0.4, -0.2) is 58.2 Å². The summed E-state index contributed by atoms with van der Waals surface area (Å²) in [6.07, 6.45) is 3.10. The number of ether oxygens (including phenoxy) is 1. The molecule has 0 unspecified atom stereocenters. The Kier molecular flexibility index (Phi) is 8.88. The molecule has 0 saturated carbocycles. The summed E-state index contributed by atoms with van der Waals surface area (Å²) in [4.78, 5) is 41.8. The normalized spacial score (nSPS) is 22.4. The van der Waals surface area contributed by atoms with Crippen molar-refractivity contribution in [3.05, 3.63) is 101 Å². The van der Waals surface area contributed by atoms with E-state index in [0.717, 1.165) is 17.7 Å². The molecule has 0 bridgehead atoms. The number of aliphatic hydroxyl groups is 1. The zero-order chi connectivity index (χ0) is 32.6. The summed E-state index contributed by atoms with van der Waals surface area (Å²) >= 11 is 6.55. The SMILES string of the molecule is C[C@H]1[C@H]([Si](C)(C)O)[C@@H](CCn2cc(CCO)nn2)O[C@]12C(=O)N(Cc1cccc(N(C=O)c3ccccc3)c1)c1ccc(Cl)cc12. The van der Waals surface area contributed by atoms with Gasteiger partial charge in [-0.3, -0.25) is 19.2 Å². The van der Waals surface area contributed by atoms with Crippen molar-refractivity contribution in [3.63, 3.8) is 0 Å². The van der Waals surface area contributed by atoms with Gasteiger partial charge >= 0.3 is 0 Å². The van der Waals surface area contributed by atoms with E-state index in [9.17, 15) is 19.5 Å². The van der Waals surface area contributed by atoms with Gasteiger partial charge in [0.05, 0.1) is 24.0 Å². The van der Waals surface area contributed by atoms with Gasteiger partial charge in [0.1, 0.15) is 0 Å². The van der Waals surface area contributed by atoms with E-state index in [0.29, 0.717) is 47.0 Å². The van der Waals surface area contributed by atoms with Crippen LogP contribution in [0.1, 0.15) is 30.2 Å². The van der Waals surface area contributed by atoms with Crippen LogP contribution in [0.4, 0.5) is 17.1 Å². The van der Waals surface area contributed by atoms with Crippen LogP contribution >= 0.6 is 11.6 Å². The second-order valence-electron chi connectivity index (χ2n) is 12.6. The molecule has 4 atom stereocenters. The lowest BCUT2D eigenvalue weighted by molar-refractivity contribution is -0.146. The van der Waals surface area contributed by atoms with E-state index in [1.54, 1.807) is 26.7 Å². The summed E-state index contributed by atoms with van der Waals surface area (Å²) in [6.45, 7) is 6.51. The van der Waals surface area contributed by atoms with Crippen LogP contribution in [0.3, 0.4) is 0 Å². The van der Waals surface area contributed by atoms with Crippen molar-refractivity contribution >= 4 is 49.3 Å². The molecule has 4 aromatic rings. The highest BCUT2D eigenvalue weighted by Gasteiger charge is 2.66. The number of carbonyl (C=O) groups excluding carboxylic acids is 2. The molecule has 6 rings (SSSR count). The van der Waals surface area contributed by atoms with E-state index in [4.69, 9.17) is 16.3 Å². The highest BCUT2D eigenvalue weighted by Crippen LogP contribution is 2.60. The van der Waals surface area contributed by atoms with Gasteiger partial charge in [-0.15, -0.1) is 5.10 Å². The van der Waals surface area contributed by atoms with Crippen LogP contribution in [0.2, 0.25) is 23.7 Å². The number of para-hydroxylation sites is 1. The molecule has 1 aromatic heterocycles. The standard InChI is InChI=1S/C34H38ClN5O5Si/c1-23-32(46(2,3)44)31(14-16-38-21-26(15-17-41)36-37-38)45-34(23)29-19-25(35)12-13-30(29)39(33(34)43)20-24-8-7-11-28(18-24)40(22-42)27-9-5-4-6-10-27/h4-13,18-19,21-23,31-32,41,44H,14-17,20H2,1-3H3/t23-,31+,32-,34+/m0/s1. The number of fused-ring (bicyclic) bond motifs is 2. The van der Waals surface area contributed by atoms with E-state index in [2.05, 4.69) is 10.3 Å². The van der Waals surface area contributed by atoms with Crippen LogP contribution in [0.5, 0.6) is 0 Å². The van der Waals surface area contributed by atoms with Crippen LogP contribution in [0.15, 0.2) is 79.0 Å². The molecule has 2 aliphatic rings. The van der Waals surface area contributed by atoms with Crippen molar-refractivity contribution in [2.45, 2.75) is 63.2 Å². The van der Waals surface area contributed by atoms with Gasteiger partial charge in [-0.1, -0.05) is 54.1 Å². The lowest BCUT2D eigenvalue weighted by atomic mass is 9.82. The van der Waals surface area contributed by atoms with Crippen LogP contribution < -0.4 is 9.80 Å². The molecule has 46 heavy (non-hydrogen) atoms. The molecule has 3 heterocycles. The predicted molar refractivity (Wildman–Crippen MR) is 178 cm³/mol. The van der Waals surface area contributed by atoms with Gasteiger partial charge in [0.2, 0.25) is 6.41 Å². The summed E-state index contributed by atoms with van der Waals surface area (Å²) in [6, 6.07) is 22.4. The molecule has 2 amide bonds. The van der Waals surface area contributed by atoms with E-state index in [1.807, 2.05) is 86.7 Å². The number of hydrogen-bond donors (Lipinski definition) is 2. The molecule has 12 heteroatoms. The third-order valence-electron chi connectivity index (χ3n) is 9.21. The van der Waals surface area contributed by atoms with Crippen LogP contribution in [0, 0.1) is 5.92 Å². The summed E-state index contributed by atoms with van der Waals surface area (Å²) in [5.41, 5.74) is 2.79. The quantitative estimate of drug-likeness (QED) is 0.168. The maximum absolute atomic E-state index is 14.8. The average molecular weight is 660 g/mol. The van der Waals surface area contributed by atoms with Crippen molar-refractivity contribution in [2.75, 3.05) is 16.4 Å². The third kappa shape index (κ3) is 5.78. The third-order valence-corrected chi connectivity index (χ3v) is 12.0. The maximum atomic E-state index is 14.8. The van der Waals surface area contributed by atoms with Crippen molar-refractivity contribution in [2.24, 2.45) is 5.92 Å². The van der Waals surface area contributed by atoms with Crippen LogP contribution in [-0.2, 0) is 39.4 Å². The van der Waals surface area contributed by atoms with Crippen molar-refractivity contribution < 1.29 is 24.2 Å². The number of hydrogen-bond acceptors (Lipinski definition) is 7. The van der Waals surface area contributed by atoms with Gasteiger partial charge in [0.15, 0.2) is 13.9 Å². The fourth-order valence-electron chi connectivity index (χ4n) is 7.26. The Morgan fingerprint density at radius 1 is 1.09 bits per heavy atom. The van der Waals surface area contributed by atoms with Crippen molar-refractivity contribution in [3.8, 4) is 0 Å². The Labute approximate surface area is 274 Å². The second-order valence-corrected chi connectivity index (χ2v) is 17.0. The average Bonchev–Trinajstić information content (AvgIpc) is 3.67. The highest BCUT2D eigenvalue weighted by molar-refractivity contribution is 6.71. The van der Waals surface area contributed by atoms with Crippen LogP contribution in [0.25, 0.3) is 0 Å². The zero-order valence-corrected chi connectivity index (χ0v) is 27.8. The molecule has 1 saturated heterocycles. The van der Waals surface area contributed by atoms with E-state index < -0.39 is 20.0 Å². The number of anilines is 3. The number of benzene rings is 3. The van der Waals surface area contributed by atoms with Gasteiger partial charge in [-0.25, -0.2) is 0 Å². The Balaban J connectivity index is 1.33. The molecule has 240 valence electrons. The first-order valence-electron chi connectivity index (χ1n) is 15.5. The molecule has 0 aliphatic carbocycles. The fraction of sp³-hybridized carbons (Fsp3) is 0.353. The van der Waals surface area contributed by atoms with Crippen molar-refractivity contribution in [1.82, 2.24) is 15.0 Å². The Morgan fingerprint density at radius 2 is 1.85 bits per heavy atom. The number of aromatic nitrogens is 3. The van der Waals surface area contributed by atoms with Gasteiger partial charge in [0, 0.05) is 59.2 Å². The Hall–Kier alpha value is -3.87. The summed E-state index contributed by atoms with van der Waals surface area (Å²) < 4.78 is 8.62. The first-order valence-corrected chi connectivity index (χ1v) is 18.9. The largest absolute Gasteiger partial charge is 0.432 e. The molecule has 0 radical (unpaired) electrons. The summed E-state index contributed by atoms with van der Waals surface area (Å²) in [5.74, 6) is -0.538. The topological polar surface area (TPSA) is 121 Å². The molecule has 2 N–H and O–H groups in total. The van der Waals surface area contributed by atoms with Gasteiger partial charge in [-0.2, -0.15) is 0 Å². The van der Waals surface area contributed by atoms with Gasteiger partial charge in [0.25, 0.3) is 5.91 Å². The Bertz CT molecular complexity index is 1730. The number of amides is 2. The Morgan fingerprint density at radius 3 is 2.57 bits per heavy atom. The van der Waals surface area contributed by atoms with E-state index in [1.165, 1.54) is 0 Å². The summed E-state index contributed by atoms with van der Waals surface area (Å²) in [7, 11) is -2.85. The minimum atomic E-state index is -2.85. The first kappa shape index (κ1) is 32.1. The minimum Gasteiger partial charge on any atom is -0.432 e.